The highest BCUT2D eigenvalue weighted by Crippen LogP contribution is 2.36. The molecule has 1 atom stereocenters. The molecular weight excluding hydrogens is 302 g/mol. The fraction of sp³-hybridized carbons (Fsp3) is 0.353. The lowest BCUT2D eigenvalue weighted by molar-refractivity contribution is 0.0659. The van der Waals surface area contributed by atoms with Crippen molar-refractivity contribution in [1.82, 2.24) is 4.90 Å². The van der Waals surface area contributed by atoms with Crippen molar-refractivity contribution in [2.75, 3.05) is 0 Å². The number of carbonyl (C=O) groups is 1. The smallest absolute Gasteiger partial charge is 0.264 e. The molecule has 1 aromatic heterocycles. The van der Waals surface area contributed by atoms with E-state index in [4.69, 9.17) is 11.6 Å². The first-order valence-electron chi connectivity index (χ1n) is 7.25. The zero-order chi connectivity index (χ0) is 14.8. The second-order valence-electron chi connectivity index (χ2n) is 5.60. The van der Waals surface area contributed by atoms with Crippen LogP contribution in [-0.2, 0) is 6.54 Å². The van der Waals surface area contributed by atoms with E-state index in [2.05, 4.69) is 19.1 Å². The molecule has 1 aromatic carbocycles. The third kappa shape index (κ3) is 3.47. The average Bonchev–Trinajstić information content (AvgIpc) is 3.26. The van der Waals surface area contributed by atoms with Crippen LogP contribution in [0, 0.1) is 5.92 Å². The summed E-state index contributed by atoms with van der Waals surface area (Å²) in [7, 11) is 0. The van der Waals surface area contributed by atoms with Crippen LogP contribution in [0.5, 0.6) is 0 Å². The Morgan fingerprint density at radius 3 is 2.57 bits per heavy atom. The molecule has 0 bridgehead atoms. The van der Waals surface area contributed by atoms with Crippen molar-refractivity contribution >= 4 is 28.8 Å². The number of carbonyl (C=O) groups excluding carboxylic acids is 1. The summed E-state index contributed by atoms with van der Waals surface area (Å²) in [6, 6.07) is 14.1. The van der Waals surface area contributed by atoms with Crippen LogP contribution in [0.4, 0.5) is 0 Å². The molecule has 4 heteroatoms. The lowest BCUT2D eigenvalue weighted by atomic mass is 10.1. The Morgan fingerprint density at radius 1 is 1.29 bits per heavy atom. The maximum atomic E-state index is 12.8. The molecule has 2 nitrogen and oxygen atoms in total. The van der Waals surface area contributed by atoms with Crippen LogP contribution in [0.25, 0.3) is 0 Å². The maximum absolute atomic E-state index is 12.8. The monoisotopic (exact) mass is 319 g/mol. The molecule has 0 N–H and O–H groups in total. The number of rotatable bonds is 5. The summed E-state index contributed by atoms with van der Waals surface area (Å²) < 4.78 is 0.664. The van der Waals surface area contributed by atoms with E-state index in [1.54, 1.807) is 6.07 Å². The van der Waals surface area contributed by atoms with Gasteiger partial charge in [0.15, 0.2) is 0 Å². The molecule has 1 saturated carbocycles. The molecule has 1 aliphatic rings. The lowest BCUT2D eigenvalue weighted by Gasteiger charge is -2.29. The maximum Gasteiger partial charge on any atom is 0.264 e. The molecule has 3 rings (SSSR count). The summed E-state index contributed by atoms with van der Waals surface area (Å²) in [6.07, 6.45) is 2.45. The molecule has 1 unspecified atom stereocenters. The molecule has 110 valence electrons. The van der Waals surface area contributed by atoms with Crippen LogP contribution in [0.2, 0.25) is 4.34 Å². The number of thiophene rings is 1. The van der Waals surface area contributed by atoms with E-state index in [9.17, 15) is 4.79 Å². The quantitative estimate of drug-likeness (QED) is 0.772. The number of halogens is 1. The SMILES string of the molecule is CC(C1CC1)N(Cc1ccccc1)C(=O)c1ccc(Cl)s1. The van der Waals surface area contributed by atoms with Gasteiger partial charge in [0, 0.05) is 12.6 Å². The molecule has 1 fully saturated rings. The fourth-order valence-electron chi connectivity index (χ4n) is 2.58. The zero-order valence-electron chi connectivity index (χ0n) is 12.0. The lowest BCUT2D eigenvalue weighted by Crippen LogP contribution is -2.39. The highest BCUT2D eigenvalue weighted by atomic mass is 35.5. The van der Waals surface area contributed by atoms with Crippen LogP contribution >= 0.6 is 22.9 Å². The van der Waals surface area contributed by atoms with E-state index in [0.717, 1.165) is 4.88 Å². The molecule has 1 aliphatic carbocycles. The largest absolute Gasteiger partial charge is 0.331 e. The summed E-state index contributed by atoms with van der Waals surface area (Å²) in [5, 5.41) is 0. The molecule has 1 heterocycles. The van der Waals surface area contributed by atoms with Crippen LogP contribution in [0.15, 0.2) is 42.5 Å². The van der Waals surface area contributed by atoms with Crippen molar-refractivity contribution in [2.45, 2.75) is 32.4 Å². The summed E-state index contributed by atoms with van der Waals surface area (Å²) in [5.74, 6) is 0.739. The minimum absolute atomic E-state index is 0.0927. The van der Waals surface area contributed by atoms with Crippen molar-refractivity contribution in [3.63, 3.8) is 0 Å². The van der Waals surface area contributed by atoms with Gasteiger partial charge < -0.3 is 4.90 Å². The van der Waals surface area contributed by atoms with Crippen molar-refractivity contribution in [1.29, 1.82) is 0 Å². The highest BCUT2D eigenvalue weighted by Gasteiger charge is 2.35. The predicted molar refractivity (Wildman–Crippen MR) is 87.8 cm³/mol. The minimum atomic E-state index is 0.0927. The van der Waals surface area contributed by atoms with Gasteiger partial charge >= 0.3 is 0 Å². The predicted octanol–water partition coefficient (Wildman–Crippen LogP) is 4.84. The number of hydrogen-bond acceptors (Lipinski definition) is 2. The van der Waals surface area contributed by atoms with Gasteiger partial charge in [0.05, 0.1) is 9.21 Å². The van der Waals surface area contributed by atoms with E-state index in [-0.39, 0.29) is 11.9 Å². The summed E-state index contributed by atoms with van der Waals surface area (Å²) in [4.78, 5) is 15.5. The van der Waals surface area contributed by atoms with Gasteiger partial charge in [-0.3, -0.25) is 4.79 Å². The van der Waals surface area contributed by atoms with E-state index in [0.29, 0.717) is 16.8 Å². The van der Waals surface area contributed by atoms with Gasteiger partial charge in [-0.15, -0.1) is 11.3 Å². The van der Waals surface area contributed by atoms with Gasteiger partial charge in [0.25, 0.3) is 5.91 Å². The van der Waals surface area contributed by atoms with Gasteiger partial charge in [-0.05, 0) is 43.4 Å². The second kappa shape index (κ2) is 6.20. The summed E-state index contributed by atoms with van der Waals surface area (Å²) in [6.45, 7) is 2.82. The van der Waals surface area contributed by atoms with Gasteiger partial charge in [-0.25, -0.2) is 0 Å². The van der Waals surface area contributed by atoms with Gasteiger partial charge in [0.2, 0.25) is 0 Å². The van der Waals surface area contributed by atoms with Gasteiger partial charge in [-0.1, -0.05) is 41.9 Å². The second-order valence-corrected chi connectivity index (χ2v) is 7.32. The third-order valence-corrected chi connectivity index (χ3v) is 5.26. The Morgan fingerprint density at radius 2 is 2.00 bits per heavy atom. The highest BCUT2D eigenvalue weighted by molar-refractivity contribution is 7.17. The first-order chi connectivity index (χ1) is 10.1. The van der Waals surface area contributed by atoms with E-state index in [1.165, 1.54) is 29.7 Å². The first kappa shape index (κ1) is 14.6. The third-order valence-electron chi connectivity index (χ3n) is 4.04. The Hall–Kier alpha value is -1.32. The zero-order valence-corrected chi connectivity index (χ0v) is 13.5. The minimum Gasteiger partial charge on any atom is -0.331 e. The number of hydrogen-bond donors (Lipinski definition) is 0. The molecule has 0 spiro atoms. The van der Waals surface area contributed by atoms with Crippen molar-refractivity contribution in [3.05, 3.63) is 57.2 Å². The van der Waals surface area contributed by atoms with E-state index in [1.807, 2.05) is 29.2 Å². The van der Waals surface area contributed by atoms with Crippen LogP contribution in [0.1, 0.15) is 35.0 Å². The molecule has 0 aliphatic heterocycles. The van der Waals surface area contributed by atoms with Crippen LogP contribution in [-0.4, -0.2) is 16.8 Å². The van der Waals surface area contributed by atoms with Crippen LogP contribution in [0.3, 0.4) is 0 Å². The van der Waals surface area contributed by atoms with Crippen molar-refractivity contribution in [2.24, 2.45) is 5.92 Å². The van der Waals surface area contributed by atoms with Gasteiger partial charge in [-0.2, -0.15) is 0 Å². The Bertz CT molecular complexity index is 621. The number of nitrogens with zero attached hydrogens (tertiary/aromatic N) is 1. The molecule has 21 heavy (non-hydrogen) atoms. The van der Waals surface area contributed by atoms with Crippen molar-refractivity contribution < 1.29 is 4.79 Å². The first-order valence-corrected chi connectivity index (χ1v) is 8.45. The van der Waals surface area contributed by atoms with Crippen LogP contribution < -0.4 is 0 Å². The average molecular weight is 320 g/mol. The summed E-state index contributed by atoms with van der Waals surface area (Å²) >= 11 is 7.33. The summed E-state index contributed by atoms with van der Waals surface area (Å²) in [5.41, 5.74) is 1.17. The van der Waals surface area contributed by atoms with E-state index >= 15 is 0 Å². The topological polar surface area (TPSA) is 20.3 Å². The normalized spacial score (nSPS) is 15.7. The number of amides is 1. The molecule has 0 radical (unpaired) electrons. The fourth-order valence-corrected chi connectivity index (χ4v) is 3.58. The Labute approximate surface area is 134 Å². The molecular formula is C17H18ClNOS. The van der Waals surface area contributed by atoms with E-state index < -0.39 is 0 Å². The number of benzene rings is 1. The van der Waals surface area contributed by atoms with Crippen molar-refractivity contribution in [3.8, 4) is 0 Å². The van der Waals surface area contributed by atoms with Gasteiger partial charge in [0.1, 0.15) is 0 Å². The molecule has 2 aromatic rings. The Kier molecular flexibility index (Phi) is 4.32. The standard InChI is InChI=1S/C17H18ClNOS/c1-12(14-7-8-14)19(11-13-5-3-2-4-6-13)17(20)15-9-10-16(18)21-15/h2-6,9-10,12,14H,7-8,11H2,1H3. The molecule has 0 saturated heterocycles. The Balaban J connectivity index is 1.83. The molecule has 1 amide bonds.